The van der Waals surface area contributed by atoms with E-state index in [0.717, 1.165) is 0 Å². The summed E-state index contributed by atoms with van der Waals surface area (Å²) in [7, 11) is -3.74. The quantitative estimate of drug-likeness (QED) is 0.911. The molecule has 0 saturated heterocycles. The largest absolute Gasteiger partial charge is 0.384 e. The van der Waals surface area contributed by atoms with Gasteiger partial charge < -0.3 is 5.73 Å². The lowest BCUT2D eigenvalue weighted by atomic mass is 10.3. The minimum Gasteiger partial charge on any atom is -0.384 e. The summed E-state index contributed by atoms with van der Waals surface area (Å²) in [5.41, 5.74) is 5.76. The fourth-order valence-corrected chi connectivity index (χ4v) is 2.74. The Kier molecular flexibility index (Phi) is 3.84. The Hall–Kier alpha value is -1.50. The van der Waals surface area contributed by atoms with Crippen LogP contribution in [0.3, 0.4) is 0 Å². The van der Waals surface area contributed by atoms with Gasteiger partial charge in [-0.05, 0) is 24.3 Å². The Morgan fingerprint density at radius 2 is 1.84 bits per heavy atom. The van der Waals surface area contributed by atoms with E-state index in [1.807, 2.05) is 0 Å². The summed E-state index contributed by atoms with van der Waals surface area (Å²) in [5, 5.41) is 0.605. The Morgan fingerprint density at radius 3 is 2.47 bits per heavy atom. The highest BCUT2D eigenvalue weighted by Crippen LogP contribution is 2.26. The number of pyridine rings is 1. The van der Waals surface area contributed by atoms with Crippen LogP contribution in [0.5, 0.6) is 0 Å². The van der Waals surface area contributed by atoms with Crippen LogP contribution in [0.25, 0.3) is 0 Å². The first-order valence-electron chi connectivity index (χ1n) is 5.08. The molecule has 0 fully saturated rings. The molecule has 0 bridgehead atoms. The molecule has 0 amide bonds. The maximum absolute atomic E-state index is 12.1. The lowest BCUT2D eigenvalue weighted by Gasteiger charge is -2.09. The summed E-state index contributed by atoms with van der Waals surface area (Å²) in [6.07, 6.45) is 1.32. The van der Waals surface area contributed by atoms with Crippen molar-refractivity contribution in [3.63, 3.8) is 0 Å². The van der Waals surface area contributed by atoms with Crippen LogP contribution in [0.4, 0.5) is 11.5 Å². The third-order valence-electron chi connectivity index (χ3n) is 2.23. The van der Waals surface area contributed by atoms with Gasteiger partial charge in [-0.2, -0.15) is 0 Å². The zero-order valence-corrected chi connectivity index (χ0v) is 11.8. The van der Waals surface area contributed by atoms with Crippen molar-refractivity contribution in [2.75, 3.05) is 10.5 Å². The van der Waals surface area contributed by atoms with Crippen LogP contribution in [-0.4, -0.2) is 13.4 Å². The third-order valence-corrected chi connectivity index (χ3v) is 4.35. The van der Waals surface area contributed by atoms with Crippen LogP contribution < -0.4 is 10.5 Å². The van der Waals surface area contributed by atoms with Gasteiger partial charge in [-0.25, -0.2) is 13.4 Å². The van der Waals surface area contributed by atoms with Gasteiger partial charge in [0.25, 0.3) is 10.0 Å². The zero-order valence-electron chi connectivity index (χ0n) is 9.47. The van der Waals surface area contributed by atoms with E-state index in [4.69, 9.17) is 28.9 Å². The summed E-state index contributed by atoms with van der Waals surface area (Å²) in [6.45, 7) is 0. The number of anilines is 2. The van der Waals surface area contributed by atoms with Gasteiger partial charge >= 0.3 is 0 Å². The van der Waals surface area contributed by atoms with Crippen molar-refractivity contribution in [3.8, 4) is 0 Å². The van der Waals surface area contributed by atoms with Crippen LogP contribution in [0.2, 0.25) is 10.0 Å². The summed E-state index contributed by atoms with van der Waals surface area (Å²) in [5.74, 6) is 0.122. The van der Waals surface area contributed by atoms with Gasteiger partial charge in [0, 0.05) is 12.3 Å². The van der Waals surface area contributed by atoms with Crippen LogP contribution in [-0.2, 0) is 10.0 Å². The summed E-state index contributed by atoms with van der Waals surface area (Å²) >= 11 is 11.6. The molecule has 1 aromatic carbocycles. The van der Waals surface area contributed by atoms with E-state index in [1.54, 1.807) is 0 Å². The number of rotatable bonds is 3. The highest BCUT2D eigenvalue weighted by atomic mass is 35.5. The number of aromatic nitrogens is 1. The fourth-order valence-electron chi connectivity index (χ4n) is 1.37. The number of halogens is 2. The van der Waals surface area contributed by atoms with E-state index in [9.17, 15) is 8.42 Å². The van der Waals surface area contributed by atoms with Crippen molar-refractivity contribution in [2.45, 2.75) is 4.90 Å². The second-order valence-corrected chi connectivity index (χ2v) is 6.15. The predicted molar refractivity (Wildman–Crippen MR) is 75.9 cm³/mol. The van der Waals surface area contributed by atoms with Gasteiger partial charge in [-0.3, -0.25) is 4.72 Å². The lowest BCUT2D eigenvalue weighted by molar-refractivity contribution is 0.601. The summed E-state index contributed by atoms with van der Waals surface area (Å²) in [6, 6.07) is 7.04. The van der Waals surface area contributed by atoms with Crippen LogP contribution in [0.1, 0.15) is 0 Å². The zero-order chi connectivity index (χ0) is 14.0. The standard InChI is InChI=1S/C11H9Cl2N3O2S/c12-9-2-1-7(5-10(9)13)16-19(17,18)8-3-4-15-11(14)6-8/h1-6,16H,(H2,14,15). The average molecular weight is 318 g/mol. The molecule has 0 aliphatic rings. The number of nitrogens with two attached hydrogens (primary N) is 1. The topological polar surface area (TPSA) is 85.1 Å². The monoisotopic (exact) mass is 317 g/mol. The van der Waals surface area contributed by atoms with E-state index in [-0.39, 0.29) is 15.7 Å². The smallest absolute Gasteiger partial charge is 0.262 e. The van der Waals surface area contributed by atoms with E-state index in [2.05, 4.69) is 9.71 Å². The van der Waals surface area contributed by atoms with Crippen molar-refractivity contribution in [1.29, 1.82) is 0 Å². The maximum atomic E-state index is 12.1. The molecule has 1 aromatic heterocycles. The SMILES string of the molecule is Nc1cc(S(=O)(=O)Nc2ccc(Cl)c(Cl)c2)ccn1. The Morgan fingerprint density at radius 1 is 1.11 bits per heavy atom. The van der Waals surface area contributed by atoms with Crippen molar-refractivity contribution >= 4 is 44.7 Å². The number of hydrogen-bond acceptors (Lipinski definition) is 4. The summed E-state index contributed by atoms with van der Waals surface area (Å²) in [4.78, 5) is 3.75. The number of hydrogen-bond donors (Lipinski definition) is 2. The second kappa shape index (κ2) is 5.24. The average Bonchev–Trinajstić information content (AvgIpc) is 2.33. The number of sulfonamides is 1. The van der Waals surface area contributed by atoms with Crippen molar-refractivity contribution in [1.82, 2.24) is 4.98 Å². The highest BCUT2D eigenvalue weighted by Gasteiger charge is 2.15. The lowest BCUT2D eigenvalue weighted by Crippen LogP contribution is -2.13. The van der Waals surface area contributed by atoms with Crippen LogP contribution >= 0.6 is 23.2 Å². The first-order valence-corrected chi connectivity index (χ1v) is 7.32. The number of nitrogen functional groups attached to an aromatic ring is 1. The maximum Gasteiger partial charge on any atom is 0.262 e. The highest BCUT2D eigenvalue weighted by molar-refractivity contribution is 7.92. The van der Waals surface area contributed by atoms with E-state index in [0.29, 0.717) is 10.7 Å². The molecule has 3 N–H and O–H groups in total. The molecule has 2 aromatic rings. The molecular weight excluding hydrogens is 309 g/mol. The molecule has 0 unspecified atom stereocenters. The molecule has 1 heterocycles. The van der Waals surface area contributed by atoms with Crippen molar-refractivity contribution in [2.24, 2.45) is 0 Å². The van der Waals surface area contributed by atoms with E-state index < -0.39 is 10.0 Å². The minimum atomic E-state index is -3.74. The number of nitrogens with one attached hydrogen (secondary N) is 1. The predicted octanol–water partition coefficient (Wildman–Crippen LogP) is 2.77. The van der Waals surface area contributed by atoms with Crippen LogP contribution in [0.15, 0.2) is 41.4 Å². The van der Waals surface area contributed by atoms with Gasteiger partial charge in [0.15, 0.2) is 0 Å². The van der Waals surface area contributed by atoms with E-state index in [1.165, 1.54) is 36.5 Å². The Labute approximate surface area is 120 Å². The Bertz CT molecular complexity index is 720. The summed E-state index contributed by atoms with van der Waals surface area (Å²) < 4.78 is 26.5. The van der Waals surface area contributed by atoms with Gasteiger partial charge in [0.05, 0.1) is 20.6 Å². The third kappa shape index (κ3) is 3.28. The van der Waals surface area contributed by atoms with Gasteiger partial charge in [0.1, 0.15) is 5.82 Å². The molecule has 8 heteroatoms. The molecule has 0 aliphatic carbocycles. The molecular formula is C11H9Cl2N3O2S. The first kappa shape index (κ1) is 13.9. The first-order chi connectivity index (χ1) is 8.88. The van der Waals surface area contributed by atoms with Crippen molar-refractivity contribution < 1.29 is 8.42 Å². The van der Waals surface area contributed by atoms with E-state index >= 15 is 0 Å². The van der Waals surface area contributed by atoms with Crippen LogP contribution in [0, 0.1) is 0 Å². The Balaban J connectivity index is 2.33. The fraction of sp³-hybridized carbons (Fsp3) is 0. The molecule has 2 rings (SSSR count). The molecule has 0 aliphatic heterocycles. The normalized spacial score (nSPS) is 11.3. The molecule has 5 nitrogen and oxygen atoms in total. The molecule has 19 heavy (non-hydrogen) atoms. The van der Waals surface area contributed by atoms with Gasteiger partial charge in [-0.15, -0.1) is 0 Å². The van der Waals surface area contributed by atoms with Gasteiger partial charge in [-0.1, -0.05) is 23.2 Å². The molecule has 0 spiro atoms. The molecule has 0 saturated carbocycles. The molecule has 0 atom stereocenters. The number of benzene rings is 1. The second-order valence-electron chi connectivity index (χ2n) is 3.65. The molecule has 0 radical (unpaired) electrons. The minimum absolute atomic E-state index is 0.0195. The molecule has 100 valence electrons. The number of nitrogens with zero attached hydrogens (tertiary/aromatic N) is 1. The van der Waals surface area contributed by atoms with Crippen molar-refractivity contribution in [3.05, 3.63) is 46.6 Å². The van der Waals surface area contributed by atoms with Gasteiger partial charge in [0.2, 0.25) is 0 Å².